The van der Waals surface area contributed by atoms with Crippen molar-refractivity contribution in [2.45, 2.75) is 58.4 Å². The number of aromatic nitrogens is 1. The molecule has 0 aliphatic heterocycles. The molecule has 1 heterocycles. The fraction of sp³-hybridized carbons (Fsp3) is 0.786. The Morgan fingerprint density at radius 1 is 1.44 bits per heavy atom. The topological polar surface area (TPSA) is 48.1 Å². The van der Waals surface area contributed by atoms with E-state index in [0.29, 0.717) is 0 Å². The van der Waals surface area contributed by atoms with Crippen molar-refractivity contribution in [2.24, 2.45) is 5.73 Å². The summed E-state index contributed by atoms with van der Waals surface area (Å²) < 4.78 is 5.31. The Bertz CT molecular complexity index is 344. The molecular formula is C14H26N2OS. The summed E-state index contributed by atoms with van der Waals surface area (Å²) in [6.45, 7) is 10.2. The smallest absolute Gasteiger partial charge is 0.0943 e. The molecule has 4 heteroatoms. The molecule has 3 nitrogen and oxygen atoms in total. The maximum absolute atomic E-state index is 6.12. The van der Waals surface area contributed by atoms with Crippen LogP contribution < -0.4 is 5.73 Å². The van der Waals surface area contributed by atoms with E-state index in [-0.39, 0.29) is 11.5 Å². The van der Waals surface area contributed by atoms with Gasteiger partial charge in [0.2, 0.25) is 0 Å². The van der Waals surface area contributed by atoms with Gasteiger partial charge in [0.25, 0.3) is 0 Å². The van der Waals surface area contributed by atoms with Crippen LogP contribution in [0.4, 0.5) is 0 Å². The summed E-state index contributed by atoms with van der Waals surface area (Å²) in [5.41, 5.74) is 7.42. The van der Waals surface area contributed by atoms with Crippen LogP contribution in [0.15, 0.2) is 5.38 Å². The van der Waals surface area contributed by atoms with Crippen molar-refractivity contribution in [1.82, 2.24) is 4.98 Å². The quantitative estimate of drug-likeness (QED) is 0.774. The van der Waals surface area contributed by atoms with Gasteiger partial charge in [0.05, 0.1) is 10.7 Å². The number of rotatable bonds is 7. The van der Waals surface area contributed by atoms with Gasteiger partial charge in [-0.2, -0.15) is 0 Å². The van der Waals surface area contributed by atoms with E-state index in [1.807, 2.05) is 6.92 Å². The van der Waals surface area contributed by atoms with E-state index in [9.17, 15) is 0 Å². The average Bonchev–Trinajstić information content (AvgIpc) is 2.72. The van der Waals surface area contributed by atoms with Gasteiger partial charge in [-0.15, -0.1) is 11.3 Å². The van der Waals surface area contributed by atoms with Crippen molar-refractivity contribution in [1.29, 1.82) is 0 Å². The van der Waals surface area contributed by atoms with Gasteiger partial charge in [-0.25, -0.2) is 4.98 Å². The molecule has 2 N–H and O–H groups in total. The second-order valence-corrected chi connectivity index (χ2v) is 6.62. The molecule has 104 valence electrons. The third-order valence-corrected chi connectivity index (χ3v) is 3.70. The van der Waals surface area contributed by atoms with Gasteiger partial charge in [0.1, 0.15) is 0 Å². The molecule has 1 aromatic rings. The first kappa shape index (κ1) is 15.6. The van der Waals surface area contributed by atoms with Gasteiger partial charge < -0.3 is 10.5 Å². The van der Waals surface area contributed by atoms with Gasteiger partial charge in [-0.1, -0.05) is 20.8 Å². The molecule has 18 heavy (non-hydrogen) atoms. The van der Waals surface area contributed by atoms with E-state index >= 15 is 0 Å². The highest BCUT2D eigenvalue weighted by molar-refractivity contribution is 7.09. The molecular weight excluding hydrogens is 244 g/mol. The van der Waals surface area contributed by atoms with Crippen LogP contribution in [0, 0.1) is 0 Å². The molecule has 0 bridgehead atoms. The number of nitrogens with zero attached hydrogens (tertiary/aromatic N) is 1. The Kier molecular flexibility index (Phi) is 6.26. The van der Waals surface area contributed by atoms with Crippen LogP contribution in [-0.2, 0) is 16.6 Å². The third-order valence-electron chi connectivity index (χ3n) is 2.82. The highest BCUT2D eigenvalue weighted by atomic mass is 32.1. The Balaban J connectivity index is 2.35. The lowest BCUT2D eigenvalue weighted by Crippen LogP contribution is -2.23. The second-order valence-electron chi connectivity index (χ2n) is 5.68. The monoisotopic (exact) mass is 270 g/mol. The number of thiazole rings is 1. The largest absolute Gasteiger partial charge is 0.382 e. The van der Waals surface area contributed by atoms with E-state index in [1.165, 1.54) is 5.69 Å². The molecule has 0 aromatic carbocycles. The van der Waals surface area contributed by atoms with Gasteiger partial charge in [0, 0.05) is 36.5 Å². The van der Waals surface area contributed by atoms with Crippen molar-refractivity contribution < 1.29 is 4.74 Å². The first-order valence-corrected chi connectivity index (χ1v) is 7.59. The molecule has 0 fully saturated rings. The molecule has 0 radical (unpaired) electrons. The Morgan fingerprint density at radius 3 is 2.72 bits per heavy atom. The predicted molar refractivity (Wildman–Crippen MR) is 78.2 cm³/mol. The summed E-state index contributed by atoms with van der Waals surface area (Å²) in [7, 11) is 0. The van der Waals surface area contributed by atoms with Crippen molar-refractivity contribution in [3.8, 4) is 0 Å². The van der Waals surface area contributed by atoms with E-state index in [4.69, 9.17) is 10.5 Å². The van der Waals surface area contributed by atoms with Crippen molar-refractivity contribution >= 4 is 11.3 Å². The van der Waals surface area contributed by atoms with Gasteiger partial charge in [-0.3, -0.25) is 0 Å². The highest BCUT2D eigenvalue weighted by Gasteiger charge is 2.18. The fourth-order valence-corrected chi connectivity index (χ4v) is 2.78. The van der Waals surface area contributed by atoms with E-state index in [1.54, 1.807) is 11.3 Å². The molecule has 0 spiro atoms. The zero-order valence-corrected chi connectivity index (χ0v) is 12.8. The minimum atomic E-state index is 0.133. The standard InChI is InChI=1S/C14H26N2OS/c1-5-17-8-6-7-11(15)9-13-16-12(10-18-13)14(2,3)4/h10-11H,5-9,15H2,1-4H3. The van der Waals surface area contributed by atoms with Crippen LogP contribution >= 0.6 is 11.3 Å². The predicted octanol–water partition coefficient (Wildman–Crippen LogP) is 3.13. The Hall–Kier alpha value is -0.450. The lowest BCUT2D eigenvalue weighted by Gasteiger charge is -2.14. The highest BCUT2D eigenvalue weighted by Crippen LogP contribution is 2.24. The van der Waals surface area contributed by atoms with Crippen LogP contribution in [0.2, 0.25) is 0 Å². The summed E-state index contributed by atoms with van der Waals surface area (Å²) in [6, 6.07) is 0.199. The zero-order chi connectivity index (χ0) is 13.6. The van der Waals surface area contributed by atoms with E-state index in [0.717, 1.165) is 37.5 Å². The van der Waals surface area contributed by atoms with E-state index in [2.05, 4.69) is 31.1 Å². The third kappa shape index (κ3) is 5.46. The fourth-order valence-electron chi connectivity index (χ4n) is 1.67. The number of hydrogen-bond donors (Lipinski definition) is 1. The summed E-state index contributed by atoms with van der Waals surface area (Å²) >= 11 is 1.73. The molecule has 1 aromatic heterocycles. The minimum absolute atomic E-state index is 0.133. The molecule has 1 rings (SSSR count). The lowest BCUT2D eigenvalue weighted by atomic mass is 9.93. The zero-order valence-electron chi connectivity index (χ0n) is 12.0. The van der Waals surface area contributed by atoms with Crippen LogP contribution in [0.1, 0.15) is 51.2 Å². The summed E-state index contributed by atoms with van der Waals surface area (Å²) in [5, 5.41) is 3.31. The van der Waals surface area contributed by atoms with Crippen LogP contribution in [0.3, 0.4) is 0 Å². The SMILES string of the molecule is CCOCCCC(N)Cc1nc(C(C)(C)C)cs1. The number of ether oxygens (including phenoxy) is 1. The molecule has 0 saturated carbocycles. The summed E-state index contributed by atoms with van der Waals surface area (Å²) in [4.78, 5) is 4.67. The number of nitrogens with two attached hydrogens (primary N) is 1. The van der Waals surface area contributed by atoms with E-state index < -0.39 is 0 Å². The molecule has 1 atom stereocenters. The van der Waals surface area contributed by atoms with Gasteiger partial charge >= 0.3 is 0 Å². The Labute approximate surface area is 115 Å². The second kappa shape index (κ2) is 7.22. The maximum atomic E-state index is 6.12. The normalized spacial score (nSPS) is 13.8. The minimum Gasteiger partial charge on any atom is -0.382 e. The Morgan fingerprint density at radius 2 is 2.17 bits per heavy atom. The summed E-state index contributed by atoms with van der Waals surface area (Å²) in [6.07, 6.45) is 2.92. The van der Waals surface area contributed by atoms with Crippen molar-refractivity contribution in [3.05, 3.63) is 16.1 Å². The molecule has 1 unspecified atom stereocenters. The van der Waals surface area contributed by atoms with Crippen LogP contribution in [0.5, 0.6) is 0 Å². The molecule has 0 amide bonds. The van der Waals surface area contributed by atoms with Crippen LogP contribution in [0.25, 0.3) is 0 Å². The van der Waals surface area contributed by atoms with Gasteiger partial charge in [0.15, 0.2) is 0 Å². The van der Waals surface area contributed by atoms with Crippen LogP contribution in [-0.4, -0.2) is 24.2 Å². The average molecular weight is 270 g/mol. The molecule has 0 saturated heterocycles. The van der Waals surface area contributed by atoms with Crippen molar-refractivity contribution in [3.63, 3.8) is 0 Å². The maximum Gasteiger partial charge on any atom is 0.0943 e. The first-order valence-electron chi connectivity index (χ1n) is 6.71. The van der Waals surface area contributed by atoms with Crippen molar-refractivity contribution in [2.75, 3.05) is 13.2 Å². The first-order chi connectivity index (χ1) is 8.43. The van der Waals surface area contributed by atoms with Gasteiger partial charge in [-0.05, 0) is 19.8 Å². The summed E-state index contributed by atoms with van der Waals surface area (Å²) in [5.74, 6) is 0. The number of hydrogen-bond acceptors (Lipinski definition) is 4. The molecule has 0 aliphatic carbocycles. The molecule has 0 aliphatic rings. The lowest BCUT2D eigenvalue weighted by molar-refractivity contribution is 0.142.